The summed E-state index contributed by atoms with van der Waals surface area (Å²) in [5, 5.41) is 10.4. The molecule has 16 heavy (non-hydrogen) atoms. The van der Waals surface area contributed by atoms with Gasteiger partial charge in [-0.3, -0.25) is 9.88 Å². The van der Waals surface area contributed by atoms with E-state index in [1.165, 1.54) is 0 Å². The third-order valence-electron chi connectivity index (χ3n) is 2.75. The van der Waals surface area contributed by atoms with Gasteiger partial charge in [0.2, 0.25) is 0 Å². The molecule has 5 heteroatoms. The lowest BCUT2D eigenvalue weighted by Gasteiger charge is -2.35. The molecule has 0 atom stereocenters. The van der Waals surface area contributed by atoms with Crippen LogP contribution >= 0.6 is 0 Å². The van der Waals surface area contributed by atoms with Crippen LogP contribution in [0.3, 0.4) is 0 Å². The predicted octanol–water partition coefficient (Wildman–Crippen LogP) is 0.161. The van der Waals surface area contributed by atoms with E-state index in [4.69, 9.17) is 0 Å². The second-order valence-corrected chi connectivity index (χ2v) is 3.84. The molecule has 5 nitrogen and oxygen atoms in total. The molecule has 1 aromatic rings. The van der Waals surface area contributed by atoms with Crippen molar-refractivity contribution in [2.45, 2.75) is 0 Å². The van der Waals surface area contributed by atoms with Crippen molar-refractivity contribution in [1.82, 2.24) is 9.88 Å². The SMILES string of the molecule is [O]C(=O)CN1CCN(c2ccncc2)CC1. The second kappa shape index (κ2) is 4.94. The van der Waals surface area contributed by atoms with Crippen molar-refractivity contribution >= 4 is 11.7 Å². The standard InChI is InChI=1S/C11H14N3O2/c15-11(16)9-13-5-7-14(8-6-13)10-1-3-12-4-2-10/h1-4H,5-9H2. The minimum absolute atomic E-state index is 0.0319. The van der Waals surface area contributed by atoms with Gasteiger partial charge in [-0.25, -0.2) is 9.90 Å². The van der Waals surface area contributed by atoms with Crippen LogP contribution in [-0.4, -0.2) is 48.6 Å². The van der Waals surface area contributed by atoms with Crippen molar-refractivity contribution < 1.29 is 9.90 Å². The van der Waals surface area contributed by atoms with E-state index in [2.05, 4.69) is 9.88 Å². The summed E-state index contributed by atoms with van der Waals surface area (Å²) in [6, 6.07) is 3.93. The molecule has 0 aromatic carbocycles. The van der Waals surface area contributed by atoms with Gasteiger partial charge in [0.1, 0.15) is 6.54 Å². The molecule has 0 aliphatic carbocycles. The lowest BCUT2D eigenvalue weighted by atomic mass is 10.2. The summed E-state index contributed by atoms with van der Waals surface area (Å²) in [6.45, 7) is 3.24. The predicted molar refractivity (Wildman–Crippen MR) is 58.6 cm³/mol. The maximum atomic E-state index is 10.4. The normalized spacial score (nSPS) is 17.4. The Labute approximate surface area is 94.3 Å². The minimum Gasteiger partial charge on any atom is -0.369 e. The first-order valence-electron chi connectivity index (χ1n) is 5.33. The first-order chi connectivity index (χ1) is 7.75. The van der Waals surface area contributed by atoms with Crippen molar-refractivity contribution in [2.75, 3.05) is 37.6 Å². The summed E-state index contributed by atoms with van der Waals surface area (Å²) >= 11 is 0. The maximum Gasteiger partial charge on any atom is 0.369 e. The number of carbonyl (C=O) groups excluding carboxylic acids is 1. The highest BCUT2D eigenvalue weighted by Crippen LogP contribution is 2.14. The Hall–Kier alpha value is -1.62. The van der Waals surface area contributed by atoms with Crippen LogP contribution in [0.5, 0.6) is 0 Å². The molecule has 2 rings (SSSR count). The van der Waals surface area contributed by atoms with Gasteiger partial charge in [-0.1, -0.05) is 0 Å². The van der Waals surface area contributed by atoms with Gasteiger partial charge in [0.15, 0.2) is 0 Å². The van der Waals surface area contributed by atoms with Gasteiger partial charge in [0, 0.05) is 44.3 Å². The fourth-order valence-corrected chi connectivity index (χ4v) is 1.90. The Balaban J connectivity index is 1.88. The van der Waals surface area contributed by atoms with Crippen molar-refractivity contribution in [3.05, 3.63) is 24.5 Å². The molecule has 1 aliphatic rings. The summed E-state index contributed by atoms with van der Waals surface area (Å²) in [7, 11) is 0. The molecule has 1 aliphatic heterocycles. The topological polar surface area (TPSA) is 56.3 Å². The summed E-state index contributed by atoms with van der Waals surface area (Å²) in [5.41, 5.74) is 1.14. The molecule has 0 spiro atoms. The van der Waals surface area contributed by atoms with Gasteiger partial charge < -0.3 is 4.90 Å². The monoisotopic (exact) mass is 220 g/mol. The number of nitrogens with zero attached hydrogens (tertiary/aromatic N) is 3. The molecule has 0 unspecified atom stereocenters. The lowest BCUT2D eigenvalue weighted by molar-refractivity contribution is -0.144. The Kier molecular flexibility index (Phi) is 3.36. The van der Waals surface area contributed by atoms with E-state index in [9.17, 15) is 9.90 Å². The van der Waals surface area contributed by atoms with Gasteiger partial charge >= 0.3 is 5.97 Å². The van der Waals surface area contributed by atoms with Crippen LogP contribution in [0.4, 0.5) is 5.69 Å². The van der Waals surface area contributed by atoms with Gasteiger partial charge in [0.05, 0.1) is 0 Å². The third kappa shape index (κ3) is 2.70. The molecule has 85 valence electrons. The van der Waals surface area contributed by atoms with E-state index >= 15 is 0 Å². The average molecular weight is 220 g/mol. The van der Waals surface area contributed by atoms with E-state index < -0.39 is 5.97 Å². The fourth-order valence-electron chi connectivity index (χ4n) is 1.90. The molecule has 0 saturated carbocycles. The fraction of sp³-hybridized carbons (Fsp3) is 0.455. The van der Waals surface area contributed by atoms with Crippen LogP contribution in [0.15, 0.2) is 24.5 Å². The lowest BCUT2D eigenvalue weighted by Crippen LogP contribution is -2.47. The van der Waals surface area contributed by atoms with Crippen LogP contribution in [0.2, 0.25) is 0 Å². The van der Waals surface area contributed by atoms with Crippen LogP contribution in [0.25, 0.3) is 0 Å². The molecular weight excluding hydrogens is 206 g/mol. The van der Waals surface area contributed by atoms with Crippen molar-refractivity contribution in [3.63, 3.8) is 0 Å². The largest absolute Gasteiger partial charge is 0.369 e. The highest BCUT2D eigenvalue weighted by molar-refractivity contribution is 5.68. The molecule has 0 N–H and O–H groups in total. The Morgan fingerprint density at radius 1 is 1.19 bits per heavy atom. The summed E-state index contributed by atoms with van der Waals surface area (Å²) in [4.78, 5) is 18.5. The third-order valence-corrected chi connectivity index (χ3v) is 2.75. The zero-order valence-corrected chi connectivity index (χ0v) is 9.00. The molecule has 0 amide bonds. The minimum atomic E-state index is -1.00. The number of piperazine rings is 1. The Morgan fingerprint density at radius 3 is 2.38 bits per heavy atom. The molecule has 0 bridgehead atoms. The number of anilines is 1. The maximum absolute atomic E-state index is 10.4. The zero-order valence-electron chi connectivity index (χ0n) is 9.00. The van der Waals surface area contributed by atoms with Gasteiger partial charge in [-0.05, 0) is 12.1 Å². The van der Waals surface area contributed by atoms with Gasteiger partial charge in [-0.15, -0.1) is 0 Å². The summed E-state index contributed by atoms with van der Waals surface area (Å²) in [5.74, 6) is -1.00. The summed E-state index contributed by atoms with van der Waals surface area (Å²) in [6.07, 6.45) is 3.53. The van der Waals surface area contributed by atoms with E-state index in [1.54, 1.807) is 12.4 Å². The van der Waals surface area contributed by atoms with Crippen molar-refractivity contribution in [3.8, 4) is 0 Å². The molecular formula is C11H14N3O2. The van der Waals surface area contributed by atoms with Crippen LogP contribution in [0.1, 0.15) is 0 Å². The molecule has 1 aromatic heterocycles. The van der Waals surface area contributed by atoms with E-state index in [1.807, 2.05) is 17.0 Å². The van der Waals surface area contributed by atoms with Crippen molar-refractivity contribution in [2.24, 2.45) is 0 Å². The zero-order chi connectivity index (χ0) is 11.4. The number of carbonyl (C=O) groups is 1. The Morgan fingerprint density at radius 2 is 1.81 bits per heavy atom. The van der Waals surface area contributed by atoms with E-state index in [-0.39, 0.29) is 6.54 Å². The number of aromatic nitrogens is 1. The Bertz CT molecular complexity index is 348. The van der Waals surface area contributed by atoms with Crippen LogP contribution in [-0.2, 0) is 9.90 Å². The molecule has 1 radical (unpaired) electrons. The molecule has 2 heterocycles. The van der Waals surface area contributed by atoms with Crippen molar-refractivity contribution in [1.29, 1.82) is 0 Å². The van der Waals surface area contributed by atoms with E-state index in [0.29, 0.717) is 0 Å². The second-order valence-electron chi connectivity index (χ2n) is 3.84. The first kappa shape index (κ1) is 10.9. The van der Waals surface area contributed by atoms with Crippen LogP contribution in [0, 0.1) is 0 Å². The first-order valence-corrected chi connectivity index (χ1v) is 5.33. The smallest absolute Gasteiger partial charge is 0.369 e. The highest BCUT2D eigenvalue weighted by atomic mass is 16.4. The summed E-state index contributed by atoms with van der Waals surface area (Å²) < 4.78 is 0. The van der Waals surface area contributed by atoms with E-state index in [0.717, 1.165) is 31.9 Å². The average Bonchev–Trinajstić information content (AvgIpc) is 2.30. The molecule has 1 fully saturated rings. The highest BCUT2D eigenvalue weighted by Gasteiger charge is 2.19. The number of rotatable bonds is 3. The number of pyridine rings is 1. The quantitative estimate of drug-likeness (QED) is 0.728. The van der Waals surface area contributed by atoms with Gasteiger partial charge in [-0.2, -0.15) is 0 Å². The van der Waals surface area contributed by atoms with Crippen LogP contribution < -0.4 is 4.90 Å². The number of hydrogen-bond acceptors (Lipinski definition) is 4. The molecule has 1 saturated heterocycles. The van der Waals surface area contributed by atoms with Gasteiger partial charge in [0.25, 0.3) is 0 Å². The number of hydrogen-bond donors (Lipinski definition) is 0.